The minimum atomic E-state index is -0.111. The molecule has 0 atom stereocenters. The average molecular weight is 437 g/mol. The topological polar surface area (TPSA) is 71.3 Å². The summed E-state index contributed by atoms with van der Waals surface area (Å²) in [6, 6.07) is 13.9. The quantitative estimate of drug-likeness (QED) is 0.521. The zero-order chi connectivity index (χ0) is 21.5. The number of piperidine rings is 1. The third-order valence-corrected chi connectivity index (χ3v) is 6.49. The molecule has 31 heavy (non-hydrogen) atoms. The molecule has 3 aromatic rings. The van der Waals surface area contributed by atoms with E-state index in [1.165, 1.54) is 36.6 Å². The smallest absolute Gasteiger partial charge is 0.254 e. The first-order valence-electron chi connectivity index (χ1n) is 10.8. The molecule has 0 saturated carbocycles. The van der Waals surface area contributed by atoms with Gasteiger partial charge >= 0.3 is 0 Å². The van der Waals surface area contributed by atoms with Crippen LogP contribution >= 0.6 is 11.8 Å². The van der Waals surface area contributed by atoms with E-state index in [-0.39, 0.29) is 5.91 Å². The lowest BCUT2D eigenvalue weighted by atomic mass is 10.0. The molecule has 0 unspecified atom stereocenters. The van der Waals surface area contributed by atoms with Gasteiger partial charge < -0.3 is 9.84 Å². The Morgan fingerprint density at radius 3 is 2.71 bits per heavy atom. The average Bonchev–Trinajstić information content (AvgIpc) is 3.23. The summed E-state index contributed by atoms with van der Waals surface area (Å²) in [5.74, 6) is 1.27. The van der Waals surface area contributed by atoms with E-state index in [0.29, 0.717) is 22.9 Å². The van der Waals surface area contributed by atoms with E-state index in [2.05, 4.69) is 38.6 Å². The molecule has 1 aromatic carbocycles. The van der Waals surface area contributed by atoms with Crippen molar-refractivity contribution >= 4 is 17.7 Å². The fraction of sp³-hybridized carbons (Fsp3) is 0.375. The second-order valence-electron chi connectivity index (χ2n) is 7.86. The molecule has 1 amide bonds. The van der Waals surface area contributed by atoms with E-state index in [9.17, 15) is 4.79 Å². The van der Waals surface area contributed by atoms with Gasteiger partial charge in [0.05, 0.1) is 11.3 Å². The van der Waals surface area contributed by atoms with Crippen molar-refractivity contribution in [2.45, 2.75) is 50.1 Å². The number of pyridine rings is 1. The molecule has 0 bridgehead atoms. The molecule has 0 aliphatic carbocycles. The minimum Gasteiger partial charge on any atom is -0.361 e. The van der Waals surface area contributed by atoms with Crippen LogP contribution in [-0.4, -0.2) is 34.0 Å². The van der Waals surface area contributed by atoms with Crippen LogP contribution in [0.15, 0.2) is 58.2 Å². The summed E-state index contributed by atoms with van der Waals surface area (Å²) in [6.45, 7) is 5.62. The predicted octanol–water partition coefficient (Wildman–Crippen LogP) is 4.59. The van der Waals surface area contributed by atoms with Gasteiger partial charge in [0.1, 0.15) is 10.8 Å². The van der Waals surface area contributed by atoms with Gasteiger partial charge in [-0.25, -0.2) is 4.98 Å². The van der Waals surface area contributed by atoms with Gasteiger partial charge in [0, 0.05) is 31.1 Å². The van der Waals surface area contributed by atoms with E-state index in [1.807, 2.05) is 25.1 Å². The Balaban J connectivity index is 1.39. The first kappa shape index (κ1) is 21.6. The Labute approximate surface area is 187 Å². The molecule has 4 rings (SSSR count). The molecule has 2 aromatic heterocycles. The third-order valence-electron chi connectivity index (χ3n) is 5.45. The molecule has 1 N–H and O–H groups in total. The maximum absolute atomic E-state index is 12.9. The number of thioether (sulfide) groups is 1. The van der Waals surface area contributed by atoms with E-state index < -0.39 is 0 Å². The normalized spacial score (nSPS) is 14.5. The number of carbonyl (C=O) groups is 1. The predicted molar refractivity (Wildman–Crippen MR) is 122 cm³/mol. The molecule has 0 spiro atoms. The number of likely N-dealkylation sites (tertiary alicyclic amines) is 1. The largest absolute Gasteiger partial charge is 0.361 e. The fourth-order valence-corrected chi connectivity index (χ4v) is 4.69. The maximum Gasteiger partial charge on any atom is 0.254 e. The number of aryl methyl sites for hydroxylation is 1. The standard InChI is InChI=1S/C24H28N4O2S/c1-18-14-21(27-30-18)17-31-24-22(10-7-11-25-24)23(29)26-15-19-8-3-4-9-20(19)16-28-12-5-2-6-13-28/h3-4,7-11,14H,2,5-6,12-13,15-17H2,1H3,(H,26,29). The molecule has 1 aliphatic rings. The van der Waals surface area contributed by atoms with Gasteiger partial charge in [-0.1, -0.05) is 47.6 Å². The van der Waals surface area contributed by atoms with Gasteiger partial charge in [-0.15, -0.1) is 0 Å². The van der Waals surface area contributed by atoms with Gasteiger partial charge in [0.25, 0.3) is 5.91 Å². The second kappa shape index (κ2) is 10.6. The van der Waals surface area contributed by atoms with Crippen LogP contribution in [0.25, 0.3) is 0 Å². The molecular weight excluding hydrogens is 408 g/mol. The van der Waals surface area contributed by atoms with Crippen molar-refractivity contribution in [3.63, 3.8) is 0 Å². The van der Waals surface area contributed by atoms with Crippen LogP contribution in [0.4, 0.5) is 0 Å². The zero-order valence-electron chi connectivity index (χ0n) is 17.8. The van der Waals surface area contributed by atoms with E-state index in [4.69, 9.17) is 4.52 Å². The van der Waals surface area contributed by atoms with Crippen LogP contribution < -0.4 is 5.32 Å². The SMILES string of the molecule is Cc1cc(CSc2ncccc2C(=O)NCc2ccccc2CN2CCCCC2)no1. The van der Waals surface area contributed by atoms with Crippen LogP contribution in [-0.2, 0) is 18.8 Å². The summed E-state index contributed by atoms with van der Waals surface area (Å²) in [7, 11) is 0. The molecule has 7 heteroatoms. The molecule has 0 radical (unpaired) electrons. The summed E-state index contributed by atoms with van der Waals surface area (Å²) in [4.78, 5) is 19.9. The number of nitrogens with zero attached hydrogens (tertiary/aromatic N) is 3. The van der Waals surface area contributed by atoms with Gasteiger partial charge in [-0.3, -0.25) is 9.69 Å². The minimum absolute atomic E-state index is 0.111. The Kier molecular flexibility index (Phi) is 7.38. The van der Waals surface area contributed by atoms with Gasteiger partial charge in [-0.05, 0) is 56.1 Å². The number of nitrogens with one attached hydrogen (secondary N) is 1. The Morgan fingerprint density at radius 2 is 1.94 bits per heavy atom. The van der Waals surface area contributed by atoms with Crippen molar-refractivity contribution in [2.24, 2.45) is 0 Å². The summed E-state index contributed by atoms with van der Waals surface area (Å²) >= 11 is 1.49. The summed E-state index contributed by atoms with van der Waals surface area (Å²) in [5, 5.41) is 7.80. The van der Waals surface area contributed by atoms with Crippen LogP contribution in [0.5, 0.6) is 0 Å². The number of hydrogen-bond donors (Lipinski definition) is 1. The Bertz CT molecular complexity index is 1010. The lowest BCUT2D eigenvalue weighted by Gasteiger charge is -2.27. The van der Waals surface area contributed by atoms with E-state index >= 15 is 0 Å². The summed E-state index contributed by atoms with van der Waals surface area (Å²) in [5.41, 5.74) is 3.87. The molecular formula is C24H28N4O2S. The van der Waals surface area contributed by atoms with Crippen LogP contribution in [0.3, 0.4) is 0 Å². The zero-order valence-corrected chi connectivity index (χ0v) is 18.7. The lowest BCUT2D eigenvalue weighted by molar-refractivity contribution is 0.0947. The third kappa shape index (κ3) is 5.95. The lowest BCUT2D eigenvalue weighted by Crippen LogP contribution is -2.30. The Hall–Kier alpha value is -2.64. The second-order valence-corrected chi connectivity index (χ2v) is 8.83. The van der Waals surface area contributed by atoms with Crippen LogP contribution in [0.1, 0.15) is 52.2 Å². The van der Waals surface area contributed by atoms with Crippen molar-refractivity contribution < 1.29 is 9.32 Å². The molecule has 3 heterocycles. The monoisotopic (exact) mass is 436 g/mol. The summed E-state index contributed by atoms with van der Waals surface area (Å²) < 4.78 is 5.12. The molecule has 1 aliphatic heterocycles. The summed E-state index contributed by atoms with van der Waals surface area (Å²) in [6.07, 6.45) is 5.58. The number of aromatic nitrogens is 2. The number of rotatable bonds is 8. The highest BCUT2D eigenvalue weighted by Crippen LogP contribution is 2.24. The Morgan fingerprint density at radius 1 is 1.13 bits per heavy atom. The molecule has 162 valence electrons. The van der Waals surface area contributed by atoms with Crippen molar-refractivity contribution in [2.75, 3.05) is 13.1 Å². The van der Waals surface area contributed by atoms with E-state index in [0.717, 1.165) is 36.7 Å². The highest BCUT2D eigenvalue weighted by Gasteiger charge is 2.16. The van der Waals surface area contributed by atoms with Gasteiger partial charge in [-0.2, -0.15) is 0 Å². The molecule has 1 saturated heterocycles. The number of benzene rings is 1. The van der Waals surface area contributed by atoms with Crippen molar-refractivity contribution in [1.82, 2.24) is 20.4 Å². The highest BCUT2D eigenvalue weighted by molar-refractivity contribution is 7.98. The first-order valence-corrected chi connectivity index (χ1v) is 11.7. The van der Waals surface area contributed by atoms with Crippen molar-refractivity contribution in [1.29, 1.82) is 0 Å². The van der Waals surface area contributed by atoms with Crippen molar-refractivity contribution in [3.05, 3.63) is 76.8 Å². The van der Waals surface area contributed by atoms with Gasteiger partial charge in [0.2, 0.25) is 0 Å². The number of amides is 1. The molecule has 6 nitrogen and oxygen atoms in total. The van der Waals surface area contributed by atoms with Crippen molar-refractivity contribution in [3.8, 4) is 0 Å². The first-order chi connectivity index (χ1) is 15.2. The van der Waals surface area contributed by atoms with Crippen LogP contribution in [0, 0.1) is 6.92 Å². The van der Waals surface area contributed by atoms with E-state index in [1.54, 1.807) is 12.3 Å². The number of carbonyl (C=O) groups excluding carboxylic acids is 1. The number of hydrogen-bond acceptors (Lipinski definition) is 6. The van der Waals surface area contributed by atoms with Gasteiger partial charge in [0.15, 0.2) is 0 Å². The molecule has 1 fully saturated rings. The fourth-order valence-electron chi connectivity index (χ4n) is 3.82. The van der Waals surface area contributed by atoms with Crippen LogP contribution in [0.2, 0.25) is 0 Å². The maximum atomic E-state index is 12.9. The highest BCUT2D eigenvalue weighted by atomic mass is 32.2.